The maximum absolute atomic E-state index is 13.3. The van der Waals surface area contributed by atoms with Crippen molar-refractivity contribution in [3.05, 3.63) is 35.9 Å². The molecular formula is C19H30N2O3S. The fourth-order valence-corrected chi connectivity index (χ4v) is 4.68. The van der Waals surface area contributed by atoms with E-state index in [1.807, 2.05) is 42.3 Å². The van der Waals surface area contributed by atoms with Gasteiger partial charge in [-0.3, -0.25) is 4.79 Å². The monoisotopic (exact) mass is 366 g/mol. The number of unbranched alkanes of at least 4 members (excludes halogenated alkanes) is 1. The maximum atomic E-state index is 13.3. The van der Waals surface area contributed by atoms with Crippen molar-refractivity contribution in [1.29, 1.82) is 0 Å². The van der Waals surface area contributed by atoms with E-state index in [1.165, 1.54) is 4.31 Å². The number of carbonyl (C=O) groups is 1. The summed E-state index contributed by atoms with van der Waals surface area (Å²) < 4.78 is 25.9. The second-order valence-corrected chi connectivity index (χ2v) is 9.09. The Kier molecular flexibility index (Phi) is 6.63. The van der Waals surface area contributed by atoms with E-state index in [0.29, 0.717) is 25.9 Å². The molecule has 0 spiro atoms. The normalized spacial score (nSPS) is 18.0. The number of amides is 1. The first kappa shape index (κ1) is 19.9. The molecule has 0 unspecified atom stereocenters. The molecule has 1 aromatic rings. The zero-order valence-corrected chi connectivity index (χ0v) is 16.4. The number of piperidine rings is 1. The summed E-state index contributed by atoms with van der Waals surface area (Å²) in [7, 11) is -1.35. The average Bonchev–Trinajstić information content (AvgIpc) is 2.66. The Bertz CT molecular complexity index is 665. The quantitative estimate of drug-likeness (QED) is 0.745. The zero-order valence-electron chi connectivity index (χ0n) is 15.6. The first-order valence-corrected chi connectivity index (χ1v) is 10.8. The number of benzene rings is 1. The van der Waals surface area contributed by atoms with Crippen LogP contribution in [0.5, 0.6) is 0 Å². The molecule has 0 bridgehead atoms. The minimum Gasteiger partial charge on any atom is -0.345 e. The largest absolute Gasteiger partial charge is 0.345 e. The smallest absolute Gasteiger partial charge is 0.233 e. The summed E-state index contributed by atoms with van der Waals surface area (Å²) in [6.07, 6.45) is 3.08. The minimum absolute atomic E-state index is 0.107. The summed E-state index contributed by atoms with van der Waals surface area (Å²) in [6, 6.07) is 9.83. The molecule has 1 heterocycles. The number of hydrogen-bond donors (Lipinski definition) is 0. The zero-order chi connectivity index (χ0) is 18.5. The lowest BCUT2D eigenvalue weighted by Crippen LogP contribution is -2.53. The number of sulfonamides is 1. The van der Waals surface area contributed by atoms with E-state index in [2.05, 4.69) is 6.92 Å². The third-order valence-corrected chi connectivity index (χ3v) is 7.15. The van der Waals surface area contributed by atoms with Crippen LogP contribution in [0.4, 0.5) is 0 Å². The van der Waals surface area contributed by atoms with Crippen molar-refractivity contribution in [2.24, 2.45) is 0 Å². The molecule has 140 valence electrons. The maximum Gasteiger partial charge on any atom is 0.233 e. The van der Waals surface area contributed by atoms with Gasteiger partial charge in [-0.05, 0) is 31.7 Å². The van der Waals surface area contributed by atoms with Crippen LogP contribution in [-0.4, -0.2) is 56.0 Å². The molecule has 0 aliphatic carbocycles. The van der Waals surface area contributed by atoms with Gasteiger partial charge >= 0.3 is 0 Å². The number of nitrogens with zero attached hydrogens (tertiary/aromatic N) is 2. The van der Waals surface area contributed by atoms with E-state index < -0.39 is 15.4 Å². The molecule has 6 heteroatoms. The lowest BCUT2D eigenvalue weighted by molar-refractivity contribution is -0.137. The first-order chi connectivity index (χ1) is 11.9. The minimum atomic E-state index is -3.21. The first-order valence-electron chi connectivity index (χ1n) is 9.16. The van der Waals surface area contributed by atoms with Crippen LogP contribution in [0.15, 0.2) is 30.3 Å². The topological polar surface area (TPSA) is 57.7 Å². The number of rotatable bonds is 7. The van der Waals surface area contributed by atoms with Crippen LogP contribution in [-0.2, 0) is 20.2 Å². The fraction of sp³-hybridized carbons (Fsp3) is 0.632. The van der Waals surface area contributed by atoms with Gasteiger partial charge in [-0.2, -0.15) is 0 Å². The molecule has 0 N–H and O–H groups in total. The van der Waals surface area contributed by atoms with E-state index >= 15 is 0 Å². The van der Waals surface area contributed by atoms with E-state index in [4.69, 9.17) is 0 Å². The summed E-state index contributed by atoms with van der Waals surface area (Å²) in [4.78, 5) is 15.1. The molecule has 2 rings (SSSR count). The van der Waals surface area contributed by atoms with Crippen molar-refractivity contribution in [3.8, 4) is 0 Å². The van der Waals surface area contributed by atoms with E-state index in [-0.39, 0.29) is 11.7 Å². The molecule has 25 heavy (non-hydrogen) atoms. The van der Waals surface area contributed by atoms with Gasteiger partial charge in [-0.25, -0.2) is 12.7 Å². The van der Waals surface area contributed by atoms with Gasteiger partial charge in [0.05, 0.1) is 11.2 Å². The molecule has 1 aliphatic heterocycles. The Hall–Kier alpha value is -1.40. The predicted octanol–water partition coefficient (Wildman–Crippen LogP) is 2.63. The van der Waals surface area contributed by atoms with Crippen LogP contribution >= 0.6 is 0 Å². The van der Waals surface area contributed by atoms with Crippen LogP contribution in [0.2, 0.25) is 0 Å². The summed E-state index contributed by atoms with van der Waals surface area (Å²) in [5, 5.41) is 0. The van der Waals surface area contributed by atoms with Crippen molar-refractivity contribution in [3.63, 3.8) is 0 Å². The van der Waals surface area contributed by atoms with Crippen molar-refractivity contribution >= 4 is 15.9 Å². The van der Waals surface area contributed by atoms with E-state index in [9.17, 15) is 13.2 Å². The number of carbonyl (C=O) groups excluding carboxylic acids is 1. The third-order valence-electron chi connectivity index (χ3n) is 5.26. The highest BCUT2D eigenvalue weighted by Crippen LogP contribution is 2.38. The Balaban J connectivity index is 2.29. The van der Waals surface area contributed by atoms with Gasteiger partial charge in [0.25, 0.3) is 0 Å². The van der Waals surface area contributed by atoms with Gasteiger partial charge in [0.2, 0.25) is 15.9 Å². The Labute approximate surface area is 152 Å². The summed E-state index contributed by atoms with van der Waals surface area (Å²) in [6.45, 7) is 5.31. The van der Waals surface area contributed by atoms with E-state index in [0.717, 1.165) is 24.9 Å². The Morgan fingerprint density at radius 1 is 1.16 bits per heavy atom. The molecule has 0 radical (unpaired) electrons. The molecule has 1 aromatic carbocycles. The third kappa shape index (κ3) is 4.23. The summed E-state index contributed by atoms with van der Waals surface area (Å²) >= 11 is 0. The van der Waals surface area contributed by atoms with Crippen LogP contribution in [0, 0.1) is 0 Å². The SMILES string of the molecule is CCCCN(C)C(=O)C1(c2ccccc2)CCN(S(=O)(=O)CC)CC1. The standard InChI is InChI=1S/C19H30N2O3S/c1-4-6-14-20(3)18(22)19(17-10-8-7-9-11-17)12-15-21(16-13-19)25(23,24)5-2/h7-11H,4-6,12-16H2,1-3H3. The van der Waals surface area contributed by atoms with Crippen LogP contribution < -0.4 is 0 Å². The molecular weight excluding hydrogens is 336 g/mol. The molecule has 0 saturated carbocycles. The van der Waals surface area contributed by atoms with Gasteiger partial charge in [0.15, 0.2) is 0 Å². The molecule has 1 saturated heterocycles. The average molecular weight is 367 g/mol. The fourth-order valence-electron chi connectivity index (χ4n) is 3.57. The highest BCUT2D eigenvalue weighted by atomic mass is 32.2. The van der Waals surface area contributed by atoms with Gasteiger partial charge in [-0.1, -0.05) is 43.7 Å². The Morgan fingerprint density at radius 2 is 1.76 bits per heavy atom. The molecule has 5 nitrogen and oxygen atoms in total. The summed E-state index contributed by atoms with van der Waals surface area (Å²) in [5.41, 5.74) is 0.376. The second kappa shape index (κ2) is 8.32. The highest BCUT2D eigenvalue weighted by Gasteiger charge is 2.45. The van der Waals surface area contributed by atoms with Crippen molar-refractivity contribution < 1.29 is 13.2 Å². The molecule has 1 aliphatic rings. The molecule has 0 aromatic heterocycles. The van der Waals surface area contributed by atoms with E-state index in [1.54, 1.807) is 6.92 Å². The van der Waals surface area contributed by atoms with Crippen molar-refractivity contribution in [1.82, 2.24) is 9.21 Å². The van der Waals surface area contributed by atoms with Crippen LogP contribution in [0.3, 0.4) is 0 Å². The lowest BCUT2D eigenvalue weighted by atomic mass is 9.72. The van der Waals surface area contributed by atoms with Crippen molar-refractivity contribution in [2.75, 3.05) is 32.4 Å². The Morgan fingerprint density at radius 3 is 2.28 bits per heavy atom. The molecule has 1 fully saturated rings. The lowest BCUT2D eigenvalue weighted by Gasteiger charge is -2.42. The molecule has 1 amide bonds. The van der Waals surface area contributed by atoms with Crippen LogP contribution in [0.25, 0.3) is 0 Å². The molecule has 0 atom stereocenters. The van der Waals surface area contributed by atoms with Crippen molar-refractivity contribution in [2.45, 2.75) is 44.9 Å². The van der Waals surface area contributed by atoms with Gasteiger partial charge in [-0.15, -0.1) is 0 Å². The van der Waals surface area contributed by atoms with Gasteiger partial charge in [0, 0.05) is 26.7 Å². The predicted molar refractivity (Wildman–Crippen MR) is 101 cm³/mol. The summed E-state index contributed by atoms with van der Waals surface area (Å²) in [5.74, 6) is 0.219. The van der Waals surface area contributed by atoms with Gasteiger partial charge in [0.1, 0.15) is 0 Å². The second-order valence-electron chi connectivity index (χ2n) is 6.83. The number of likely N-dealkylation sites (N-methyl/N-ethyl adjacent to an activating group) is 1. The highest BCUT2D eigenvalue weighted by molar-refractivity contribution is 7.89. The van der Waals surface area contributed by atoms with Crippen LogP contribution in [0.1, 0.15) is 45.1 Å². The van der Waals surface area contributed by atoms with Gasteiger partial charge < -0.3 is 4.90 Å². The number of hydrogen-bond acceptors (Lipinski definition) is 3.